The quantitative estimate of drug-likeness (QED) is 0.592. The van der Waals surface area contributed by atoms with E-state index in [4.69, 9.17) is 0 Å². The third-order valence-corrected chi connectivity index (χ3v) is 5.22. The fourth-order valence-corrected chi connectivity index (χ4v) is 3.57. The zero-order chi connectivity index (χ0) is 18.1. The van der Waals surface area contributed by atoms with Crippen molar-refractivity contribution in [1.29, 1.82) is 0 Å². The number of carbonyl (C=O) groups is 1. The molecule has 4 nitrogen and oxygen atoms in total. The Hall–Kier alpha value is -2.18. The fourth-order valence-electron chi connectivity index (χ4n) is 3.31. The third-order valence-electron chi connectivity index (χ3n) is 4.69. The van der Waals surface area contributed by atoms with Crippen molar-refractivity contribution in [3.05, 3.63) is 88.2 Å². The van der Waals surface area contributed by atoms with E-state index < -0.39 is 6.04 Å². The lowest BCUT2D eigenvalue weighted by Gasteiger charge is -2.34. The smallest absolute Gasteiger partial charge is 0.250 e. The Morgan fingerprint density at radius 1 is 1.11 bits per heavy atom. The Bertz CT molecular complexity index is 927. The first-order chi connectivity index (χ1) is 12.6. The van der Waals surface area contributed by atoms with E-state index in [0.717, 1.165) is 21.3 Å². The van der Waals surface area contributed by atoms with Gasteiger partial charge >= 0.3 is 0 Å². The van der Waals surface area contributed by atoms with Gasteiger partial charge in [-0.2, -0.15) is 0 Å². The van der Waals surface area contributed by atoms with Crippen LogP contribution < -0.4 is 0 Å². The molecule has 2 heterocycles. The summed E-state index contributed by atoms with van der Waals surface area (Å²) in [7, 11) is 0. The molecule has 1 aliphatic rings. The highest BCUT2D eigenvalue weighted by Gasteiger charge is 2.33. The molecule has 0 bridgehead atoms. The number of aromatic nitrogens is 2. The van der Waals surface area contributed by atoms with Crippen molar-refractivity contribution in [1.82, 2.24) is 14.5 Å². The monoisotopic (exact) mass is 449 g/mol. The van der Waals surface area contributed by atoms with Gasteiger partial charge in [-0.3, -0.25) is 4.79 Å². The number of imidazole rings is 1. The Balaban J connectivity index is 0.00000210. The van der Waals surface area contributed by atoms with Crippen molar-refractivity contribution in [2.24, 2.45) is 0 Å². The minimum Gasteiger partial charge on any atom is -0.334 e. The molecule has 140 valence electrons. The van der Waals surface area contributed by atoms with E-state index in [1.54, 1.807) is 18.5 Å². The second kappa shape index (κ2) is 8.23. The van der Waals surface area contributed by atoms with Crippen LogP contribution in [-0.2, 0) is 17.8 Å². The van der Waals surface area contributed by atoms with Crippen molar-refractivity contribution in [2.75, 3.05) is 6.54 Å². The van der Waals surface area contributed by atoms with E-state index in [2.05, 4.69) is 20.9 Å². The van der Waals surface area contributed by atoms with Gasteiger partial charge in [-0.25, -0.2) is 9.37 Å². The van der Waals surface area contributed by atoms with Crippen LogP contribution in [0.4, 0.5) is 4.39 Å². The van der Waals surface area contributed by atoms with Gasteiger partial charge in [-0.1, -0.05) is 40.2 Å². The van der Waals surface area contributed by atoms with Gasteiger partial charge in [-0.05, 0) is 41.8 Å². The summed E-state index contributed by atoms with van der Waals surface area (Å²) in [5.74, 6) is -0.193. The van der Waals surface area contributed by atoms with Crippen molar-refractivity contribution in [3.63, 3.8) is 0 Å². The van der Waals surface area contributed by atoms with Crippen molar-refractivity contribution < 1.29 is 9.18 Å². The molecule has 3 aromatic rings. The zero-order valence-electron chi connectivity index (χ0n) is 14.4. The first-order valence-electron chi connectivity index (χ1n) is 8.41. The number of benzene rings is 2. The molecule has 0 saturated heterocycles. The average Bonchev–Trinajstić information content (AvgIpc) is 3.10. The molecule has 1 aliphatic heterocycles. The van der Waals surface area contributed by atoms with Gasteiger partial charge in [0.25, 0.3) is 5.91 Å². The highest BCUT2D eigenvalue weighted by atomic mass is 79.9. The predicted molar refractivity (Wildman–Crippen MR) is 107 cm³/mol. The van der Waals surface area contributed by atoms with E-state index in [1.807, 2.05) is 39.9 Å². The van der Waals surface area contributed by atoms with Crippen molar-refractivity contribution in [3.8, 4) is 0 Å². The molecule has 2 aromatic carbocycles. The summed E-state index contributed by atoms with van der Waals surface area (Å²) < 4.78 is 16.0. The summed E-state index contributed by atoms with van der Waals surface area (Å²) in [5.41, 5.74) is 2.96. The molecule has 1 aromatic heterocycles. The van der Waals surface area contributed by atoms with E-state index in [-0.39, 0.29) is 24.1 Å². The van der Waals surface area contributed by atoms with Crippen LogP contribution in [0.2, 0.25) is 0 Å². The number of halogens is 3. The van der Waals surface area contributed by atoms with Crippen molar-refractivity contribution in [2.45, 2.75) is 19.0 Å². The molecule has 0 N–H and O–H groups in total. The predicted octanol–water partition coefficient (Wildman–Crippen LogP) is 4.38. The summed E-state index contributed by atoms with van der Waals surface area (Å²) >= 11 is 3.44. The second-order valence-corrected chi connectivity index (χ2v) is 7.30. The first-order valence-corrected chi connectivity index (χ1v) is 9.20. The summed E-state index contributed by atoms with van der Waals surface area (Å²) in [4.78, 5) is 19.2. The molecule has 7 heteroatoms. The maximum atomic E-state index is 13.2. The number of fused-ring (bicyclic) bond motifs is 1. The number of hydrogen-bond acceptors (Lipinski definition) is 2. The summed E-state index contributed by atoms with van der Waals surface area (Å²) in [5, 5.41) is 0. The number of carbonyl (C=O) groups excluding carboxylic acids is 1. The molecule has 27 heavy (non-hydrogen) atoms. The van der Waals surface area contributed by atoms with Gasteiger partial charge in [-0.15, -0.1) is 12.4 Å². The van der Waals surface area contributed by atoms with Crippen LogP contribution in [0.25, 0.3) is 0 Å². The fraction of sp³-hybridized carbons (Fsp3) is 0.200. The molecule has 1 unspecified atom stereocenters. The normalized spacial score (nSPS) is 16.0. The van der Waals surface area contributed by atoms with Crippen molar-refractivity contribution >= 4 is 34.2 Å². The standard InChI is InChI=1S/C20H17BrFN3O.ClH/c21-16-5-3-15(4-6-16)19-20(26)24(12-18-11-23-13-25(18)19)10-9-14-1-7-17(22)8-2-14;/h1-8,11,13,19H,9-10,12H2;1H. The lowest BCUT2D eigenvalue weighted by Crippen LogP contribution is -2.43. The van der Waals surface area contributed by atoms with Gasteiger partial charge < -0.3 is 9.47 Å². The van der Waals surface area contributed by atoms with Gasteiger partial charge in [0.15, 0.2) is 0 Å². The molecule has 1 atom stereocenters. The van der Waals surface area contributed by atoms with Crippen LogP contribution in [0.3, 0.4) is 0 Å². The van der Waals surface area contributed by atoms with E-state index in [0.29, 0.717) is 19.5 Å². The van der Waals surface area contributed by atoms with Crippen LogP contribution >= 0.6 is 28.3 Å². The summed E-state index contributed by atoms with van der Waals surface area (Å²) in [6.07, 6.45) is 4.22. The minimum absolute atomic E-state index is 0. The molecule has 1 amide bonds. The number of amides is 1. The van der Waals surface area contributed by atoms with E-state index >= 15 is 0 Å². The zero-order valence-corrected chi connectivity index (χ0v) is 16.8. The Morgan fingerprint density at radius 2 is 1.81 bits per heavy atom. The Labute approximate surface area is 171 Å². The molecule has 0 saturated carbocycles. The minimum atomic E-state index is -0.400. The van der Waals surface area contributed by atoms with E-state index in [9.17, 15) is 9.18 Å². The van der Waals surface area contributed by atoms with E-state index in [1.165, 1.54) is 12.1 Å². The van der Waals surface area contributed by atoms with Crippen LogP contribution in [0.1, 0.15) is 22.9 Å². The number of nitrogens with zero attached hydrogens (tertiary/aromatic N) is 3. The van der Waals surface area contributed by atoms with Gasteiger partial charge in [0, 0.05) is 17.2 Å². The molecule has 0 fully saturated rings. The highest BCUT2D eigenvalue weighted by Crippen LogP contribution is 2.29. The lowest BCUT2D eigenvalue weighted by molar-refractivity contribution is -0.136. The highest BCUT2D eigenvalue weighted by molar-refractivity contribution is 9.10. The molecule has 0 radical (unpaired) electrons. The average molecular weight is 451 g/mol. The Morgan fingerprint density at radius 3 is 2.52 bits per heavy atom. The third kappa shape index (κ3) is 4.06. The lowest BCUT2D eigenvalue weighted by atomic mass is 10.0. The molecule has 0 aliphatic carbocycles. The molecular formula is C20H18BrClFN3O. The van der Waals surface area contributed by atoms with Crippen LogP contribution in [0.5, 0.6) is 0 Å². The number of hydrogen-bond donors (Lipinski definition) is 0. The summed E-state index contributed by atoms with van der Waals surface area (Å²) in [6, 6.07) is 13.8. The summed E-state index contributed by atoms with van der Waals surface area (Å²) in [6.45, 7) is 1.12. The number of rotatable bonds is 4. The van der Waals surface area contributed by atoms with Crippen LogP contribution in [0.15, 0.2) is 65.5 Å². The van der Waals surface area contributed by atoms with Crippen LogP contribution in [-0.4, -0.2) is 26.9 Å². The topological polar surface area (TPSA) is 38.1 Å². The largest absolute Gasteiger partial charge is 0.334 e. The van der Waals surface area contributed by atoms with Gasteiger partial charge in [0.1, 0.15) is 11.9 Å². The maximum Gasteiger partial charge on any atom is 0.250 e. The second-order valence-electron chi connectivity index (χ2n) is 6.38. The van der Waals surface area contributed by atoms with Gasteiger partial charge in [0.2, 0.25) is 0 Å². The SMILES string of the molecule is Cl.O=C1C(c2ccc(Br)cc2)n2cncc2CN1CCc1ccc(F)cc1. The van der Waals surface area contributed by atoms with Gasteiger partial charge in [0.05, 0.1) is 18.6 Å². The molecule has 0 spiro atoms. The Kier molecular flexibility index (Phi) is 5.97. The first kappa shape index (κ1) is 19.6. The van der Waals surface area contributed by atoms with Crippen LogP contribution in [0, 0.1) is 5.82 Å². The molecular weight excluding hydrogens is 433 g/mol. The maximum absolute atomic E-state index is 13.2. The molecule has 4 rings (SSSR count).